The lowest BCUT2D eigenvalue weighted by Crippen LogP contribution is -2.17. The van der Waals surface area contributed by atoms with Crippen LogP contribution in [0.3, 0.4) is 0 Å². The SMILES string of the molecule is O=C(CCS(=O)(=O)c1ccccc1Cl)Nc1ccc(-c2nc3ccccc3[nH]2)cc1. The summed E-state index contributed by atoms with van der Waals surface area (Å²) in [6, 6.07) is 21.1. The van der Waals surface area contributed by atoms with E-state index in [1.54, 1.807) is 24.3 Å². The Balaban J connectivity index is 1.39. The van der Waals surface area contributed by atoms with Gasteiger partial charge in [-0.1, -0.05) is 35.9 Å². The third kappa shape index (κ3) is 4.37. The molecular weight excluding hydrogens is 422 g/mol. The van der Waals surface area contributed by atoms with Gasteiger partial charge in [0.25, 0.3) is 0 Å². The number of carbonyl (C=O) groups excluding carboxylic acids is 1. The van der Waals surface area contributed by atoms with Gasteiger partial charge in [0.05, 0.1) is 26.7 Å². The van der Waals surface area contributed by atoms with Gasteiger partial charge in [0.1, 0.15) is 5.82 Å². The second-order valence-corrected chi connectivity index (χ2v) is 9.21. The van der Waals surface area contributed by atoms with Gasteiger partial charge in [-0.2, -0.15) is 0 Å². The third-order valence-corrected chi connectivity index (χ3v) is 6.81. The number of nitrogens with zero attached hydrogens (tertiary/aromatic N) is 1. The van der Waals surface area contributed by atoms with Crippen LogP contribution in [0.15, 0.2) is 77.7 Å². The maximum absolute atomic E-state index is 12.4. The fraction of sp³-hybridized carbons (Fsp3) is 0.0909. The molecule has 0 unspecified atom stereocenters. The second-order valence-electron chi connectivity index (χ2n) is 6.73. The Bertz CT molecular complexity index is 1280. The monoisotopic (exact) mass is 439 g/mol. The number of anilines is 1. The van der Waals surface area contributed by atoms with Crippen LogP contribution in [0.1, 0.15) is 6.42 Å². The first-order valence-corrected chi connectivity index (χ1v) is 11.3. The number of rotatable bonds is 6. The summed E-state index contributed by atoms with van der Waals surface area (Å²) in [6.07, 6.45) is -0.168. The summed E-state index contributed by atoms with van der Waals surface area (Å²) in [4.78, 5) is 20.1. The summed E-state index contributed by atoms with van der Waals surface area (Å²) in [5.74, 6) is 0.0293. The molecule has 6 nitrogen and oxygen atoms in total. The second kappa shape index (κ2) is 8.30. The number of H-pyrrole nitrogens is 1. The predicted octanol–water partition coefficient (Wildman–Crippen LogP) is 4.69. The fourth-order valence-electron chi connectivity index (χ4n) is 3.06. The molecule has 30 heavy (non-hydrogen) atoms. The van der Waals surface area contributed by atoms with Crippen molar-refractivity contribution in [1.29, 1.82) is 0 Å². The van der Waals surface area contributed by atoms with E-state index in [-0.39, 0.29) is 28.0 Å². The number of benzene rings is 3. The van der Waals surface area contributed by atoms with Crippen LogP contribution >= 0.6 is 11.6 Å². The number of carbonyl (C=O) groups is 1. The molecule has 1 heterocycles. The smallest absolute Gasteiger partial charge is 0.225 e. The maximum atomic E-state index is 12.4. The Morgan fingerprint density at radius 2 is 1.67 bits per heavy atom. The van der Waals surface area contributed by atoms with Gasteiger partial charge in [-0.15, -0.1) is 0 Å². The van der Waals surface area contributed by atoms with Crippen molar-refractivity contribution < 1.29 is 13.2 Å². The molecule has 3 aromatic carbocycles. The number of sulfone groups is 1. The topological polar surface area (TPSA) is 91.9 Å². The average molecular weight is 440 g/mol. The highest BCUT2D eigenvalue weighted by Gasteiger charge is 2.19. The molecule has 1 amide bonds. The van der Waals surface area contributed by atoms with Gasteiger partial charge >= 0.3 is 0 Å². The number of hydrogen-bond acceptors (Lipinski definition) is 4. The van der Waals surface area contributed by atoms with Crippen LogP contribution in [-0.4, -0.2) is 30.0 Å². The van der Waals surface area contributed by atoms with Crippen molar-refractivity contribution in [1.82, 2.24) is 9.97 Å². The maximum Gasteiger partial charge on any atom is 0.225 e. The van der Waals surface area contributed by atoms with E-state index >= 15 is 0 Å². The molecule has 4 rings (SSSR count). The molecule has 4 aromatic rings. The van der Waals surface area contributed by atoms with E-state index in [0.717, 1.165) is 22.4 Å². The van der Waals surface area contributed by atoms with E-state index in [4.69, 9.17) is 11.6 Å². The molecule has 0 fully saturated rings. The number of nitrogens with one attached hydrogen (secondary N) is 2. The molecule has 0 aliphatic carbocycles. The first-order chi connectivity index (χ1) is 14.4. The summed E-state index contributed by atoms with van der Waals surface area (Å²) in [5.41, 5.74) is 3.29. The van der Waals surface area contributed by atoms with Gasteiger partial charge in [-0.05, 0) is 48.5 Å². The van der Waals surface area contributed by atoms with Crippen molar-refractivity contribution >= 4 is 44.1 Å². The summed E-state index contributed by atoms with van der Waals surface area (Å²) in [5, 5.41) is 2.87. The molecule has 0 spiro atoms. The minimum absolute atomic E-state index is 0.0367. The number of halogens is 1. The van der Waals surface area contributed by atoms with Crippen molar-refractivity contribution in [2.24, 2.45) is 0 Å². The van der Waals surface area contributed by atoms with Crippen molar-refractivity contribution in [2.75, 3.05) is 11.1 Å². The molecule has 0 saturated carbocycles. The van der Waals surface area contributed by atoms with E-state index in [1.807, 2.05) is 36.4 Å². The van der Waals surface area contributed by atoms with E-state index < -0.39 is 9.84 Å². The van der Waals surface area contributed by atoms with Crippen LogP contribution in [-0.2, 0) is 14.6 Å². The fourth-order valence-corrected chi connectivity index (χ4v) is 4.87. The lowest BCUT2D eigenvalue weighted by molar-refractivity contribution is -0.115. The van der Waals surface area contributed by atoms with Crippen molar-refractivity contribution in [2.45, 2.75) is 11.3 Å². The van der Waals surface area contributed by atoms with Crippen LogP contribution in [0.25, 0.3) is 22.4 Å². The van der Waals surface area contributed by atoms with E-state index in [9.17, 15) is 13.2 Å². The number of amides is 1. The molecule has 0 aliphatic rings. The van der Waals surface area contributed by atoms with E-state index in [2.05, 4.69) is 15.3 Å². The molecule has 152 valence electrons. The number of aromatic amines is 1. The number of hydrogen-bond donors (Lipinski definition) is 2. The highest BCUT2D eigenvalue weighted by Crippen LogP contribution is 2.23. The quantitative estimate of drug-likeness (QED) is 0.456. The zero-order chi connectivity index (χ0) is 21.1. The largest absolute Gasteiger partial charge is 0.338 e. The van der Waals surface area contributed by atoms with Gasteiger partial charge in [-0.25, -0.2) is 13.4 Å². The number of fused-ring (bicyclic) bond motifs is 1. The molecule has 0 bridgehead atoms. The molecule has 0 saturated heterocycles. The summed E-state index contributed by atoms with van der Waals surface area (Å²) in [6.45, 7) is 0. The van der Waals surface area contributed by atoms with Gasteiger partial charge in [0.2, 0.25) is 5.91 Å². The summed E-state index contributed by atoms with van der Waals surface area (Å²) < 4.78 is 24.8. The van der Waals surface area contributed by atoms with E-state index in [1.165, 1.54) is 12.1 Å². The minimum Gasteiger partial charge on any atom is -0.338 e. The zero-order valence-corrected chi connectivity index (χ0v) is 17.4. The molecule has 2 N–H and O–H groups in total. The summed E-state index contributed by atoms with van der Waals surface area (Å²) in [7, 11) is -3.64. The number of aromatic nitrogens is 2. The third-order valence-electron chi connectivity index (χ3n) is 4.60. The zero-order valence-electron chi connectivity index (χ0n) is 15.8. The lowest BCUT2D eigenvalue weighted by Gasteiger charge is -2.08. The van der Waals surface area contributed by atoms with Crippen LogP contribution < -0.4 is 5.32 Å². The molecule has 0 aliphatic heterocycles. The Morgan fingerprint density at radius 1 is 0.967 bits per heavy atom. The average Bonchev–Trinajstić information content (AvgIpc) is 3.17. The van der Waals surface area contributed by atoms with Crippen LogP contribution in [0, 0.1) is 0 Å². The van der Waals surface area contributed by atoms with E-state index in [0.29, 0.717) is 5.69 Å². The number of imidazole rings is 1. The van der Waals surface area contributed by atoms with Gasteiger partial charge in [-0.3, -0.25) is 4.79 Å². The van der Waals surface area contributed by atoms with Crippen molar-refractivity contribution in [3.63, 3.8) is 0 Å². The molecule has 0 radical (unpaired) electrons. The van der Waals surface area contributed by atoms with Crippen LogP contribution in [0.5, 0.6) is 0 Å². The normalized spacial score (nSPS) is 11.5. The first kappa shape index (κ1) is 20.1. The minimum atomic E-state index is -3.64. The first-order valence-electron chi connectivity index (χ1n) is 9.25. The molecule has 0 atom stereocenters. The van der Waals surface area contributed by atoms with Gasteiger partial charge < -0.3 is 10.3 Å². The predicted molar refractivity (Wildman–Crippen MR) is 118 cm³/mol. The van der Waals surface area contributed by atoms with Gasteiger partial charge in [0.15, 0.2) is 9.84 Å². The summed E-state index contributed by atoms with van der Waals surface area (Å²) >= 11 is 5.96. The highest BCUT2D eigenvalue weighted by molar-refractivity contribution is 7.91. The molecule has 1 aromatic heterocycles. The Morgan fingerprint density at radius 3 is 2.40 bits per heavy atom. The Labute approximate surface area is 178 Å². The van der Waals surface area contributed by atoms with Crippen molar-refractivity contribution in [3.8, 4) is 11.4 Å². The molecule has 8 heteroatoms. The van der Waals surface area contributed by atoms with Crippen LogP contribution in [0.4, 0.5) is 5.69 Å². The number of para-hydroxylation sites is 2. The Hall–Kier alpha value is -3.16. The lowest BCUT2D eigenvalue weighted by atomic mass is 10.2. The standard InChI is InChI=1S/C22H18ClN3O3S/c23-17-5-1-4-8-20(17)30(28,29)14-13-21(27)24-16-11-9-15(10-12-16)22-25-18-6-2-3-7-19(18)26-22/h1-12H,13-14H2,(H,24,27)(H,25,26). The van der Waals surface area contributed by atoms with Gasteiger partial charge in [0, 0.05) is 17.7 Å². The molecular formula is C22H18ClN3O3S. The van der Waals surface area contributed by atoms with Crippen LogP contribution in [0.2, 0.25) is 5.02 Å². The highest BCUT2D eigenvalue weighted by atomic mass is 35.5. The Kier molecular flexibility index (Phi) is 5.57. The van der Waals surface area contributed by atoms with Crippen molar-refractivity contribution in [3.05, 3.63) is 77.8 Å².